The summed E-state index contributed by atoms with van der Waals surface area (Å²) in [5, 5.41) is 8.86. The van der Waals surface area contributed by atoms with Gasteiger partial charge in [-0.1, -0.05) is 11.6 Å². The Balaban J connectivity index is 2.51. The Bertz CT molecular complexity index is 341. The minimum absolute atomic E-state index is 0.0275. The zero-order chi connectivity index (χ0) is 10.6. The van der Waals surface area contributed by atoms with Crippen LogP contribution in [0.25, 0.3) is 0 Å². The van der Waals surface area contributed by atoms with Crippen LogP contribution in [0, 0.1) is 0 Å². The zero-order valence-electron chi connectivity index (χ0n) is 7.24. The lowest BCUT2D eigenvalue weighted by Crippen LogP contribution is -2.04. The molecule has 0 saturated carbocycles. The molecule has 0 atom stereocenters. The van der Waals surface area contributed by atoms with Gasteiger partial charge in [-0.25, -0.2) is 0 Å². The number of halogens is 1. The molecule has 5 heteroatoms. The van der Waals surface area contributed by atoms with Crippen molar-refractivity contribution in [3.8, 4) is 5.75 Å². The molecule has 3 nitrogen and oxygen atoms in total. The van der Waals surface area contributed by atoms with Crippen LogP contribution >= 0.6 is 24.2 Å². The molecule has 0 spiro atoms. The molecule has 0 aromatic heterocycles. The standard InChI is InChI=1S/C9H9ClO3S/c10-7-5-6(1-2-8(7)14)13-4-3-9(11)12/h1-2,5,14H,3-4H2,(H,11,12). The van der Waals surface area contributed by atoms with Crippen LogP contribution in [0.3, 0.4) is 0 Å². The molecular formula is C9H9ClO3S. The van der Waals surface area contributed by atoms with Crippen LogP contribution in [-0.2, 0) is 4.79 Å². The number of carboxylic acids is 1. The van der Waals surface area contributed by atoms with Crippen LogP contribution in [0.2, 0.25) is 5.02 Å². The predicted octanol–water partition coefficient (Wildman–Crippen LogP) is 2.48. The first kappa shape index (κ1) is 11.2. The van der Waals surface area contributed by atoms with E-state index < -0.39 is 5.97 Å². The van der Waals surface area contributed by atoms with Crippen molar-refractivity contribution in [3.63, 3.8) is 0 Å². The van der Waals surface area contributed by atoms with Crippen molar-refractivity contribution in [2.24, 2.45) is 0 Å². The molecule has 1 rings (SSSR count). The second-order valence-corrected chi connectivity index (χ2v) is 3.49. The first-order valence-electron chi connectivity index (χ1n) is 3.92. The average molecular weight is 233 g/mol. The van der Waals surface area contributed by atoms with Gasteiger partial charge < -0.3 is 9.84 Å². The number of carboxylic acid groups (broad SMARTS) is 1. The van der Waals surface area contributed by atoms with E-state index in [0.29, 0.717) is 15.7 Å². The van der Waals surface area contributed by atoms with E-state index in [1.807, 2.05) is 0 Å². The molecule has 0 saturated heterocycles. The van der Waals surface area contributed by atoms with E-state index in [1.54, 1.807) is 18.2 Å². The van der Waals surface area contributed by atoms with Crippen molar-refractivity contribution in [2.75, 3.05) is 6.61 Å². The Morgan fingerprint density at radius 1 is 1.57 bits per heavy atom. The van der Waals surface area contributed by atoms with Crippen LogP contribution in [-0.4, -0.2) is 17.7 Å². The molecule has 0 amide bonds. The number of hydrogen-bond acceptors (Lipinski definition) is 3. The van der Waals surface area contributed by atoms with Crippen LogP contribution in [0.15, 0.2) is 23.1 Å². The minimum Gasteiger partial charge on any atom is -0.493 e. The largest absolute Gasteiger partial charge is 0.493 e. The maximum absolute atomic E-state index is 10.2. The Morgan fingerprint density at radius 3 is 2.86 bits per heavy atom. The molecule has 1 aromatic carbocycles. The summed E-state index contributed by atoms with van der Waals surface area (Å²) in [7, 11) is 0. The van der Waals surface area contributed by atoms with Crippen molar-refractivity contribution in [2.45, 2.75) is 11.3 Å². The normalized spacial score (nSPS) is 9.86. The van der Waals surface area contributed by atoms with Crippen molar-refractivity contribution in [1.82, 2.24) is 0 Å². The fourth-order valence-electron chi connectivity index (χ4n) is 0.834. The molecule has 14 heavy (non-hydrogen) atoms. The summed E-state index contributed by atoms with van der Waals surface area (Å²) in [6, 6.07) is 4.99. The summed E-state index contributed by atoms with van der Waals surface area (Å²) < 4.78 is 5.15. The van der Waals surface area contributed by atoms with Crippen LogP contribution in [0.4, 0.5) is 0 Å². The molecular weight excluding hydrogens is 224 g/mol. The second-order valence-electron chi connectivity index (χ2n) is 2.61. The van der Waals surface area contributed by atoms with Gasteiger partial charge in [0, 0.05) is 4.90 Å². The molecule has 1 N–H and O–H groups in total. The third kappa shape index (κ3) is 3.47. The number of ether oxygens (including phenoxy) is 1. The Labute approximate surface area is 92.1 Å². The maximum atomic E-state index is 10.2. The van der Waals surface area contributed by atoms with Gasteiger partial charge in [0.2, 0.25) is 0 Å². The Kier molecular flexibility index (Phi) is 4.10. The first-order valence-corrected chi connectivity index (χ1v) is 4.75. The molecule has 0 fully saturated rings. The number of benzene rings is 1. The van der Waals surface area contributed by atoms with E-state index in [-0.39, 0.29) is 13.0 Å². The number of hydrogen-bond donors (Lipinski definition) is 2. The molecule has 76 valence electrons. The van der Waals surface area contributed by atoms with E-state index in [1.165, 1.54) is 0 Å². The molecule has 0 aliphatic carbocycles. The fourth-order valence-corrected chi connectivity index (χ4v) is 1.14. The third-order valence-corrected chi connectivity index (χ3v) is 2.34. The van der Waals surface area contributed by atoms with Crippen LogP contribution in [0.1, 0.15) is 6.42 Å². The molecule has 0 heterocycles. The van der Waals surface area contributed by atoms with Crippen LogP contribution < -0.4 is 4.74 Å². The van der Waals surface area contributed by atoms with Crippen molar-refractivity contribution in [3.05, 3.63) is 23.2 Å². The molecule has 0 aliphatic heterocycles. The number of carbonyl (C=O) groups is 1. The van der Waals surface area contributed by atoms with E-state index in [9.17, 15) is 4.79 Å². The molecule has 0 bridgehead atoms. The van der Waals surface area contributed by atoms with Gasteiger partial charge in [-0.15, -0.1) is 12.6 Å². The lowest BCUT2D eigenvalue weighted by Gasteiger charge is -2.05. The zero-order valence-corrected chi connectivity index (χ0v) is 8.89. The summed E-state index contributed by atoms with van der Waals surface area (Å²) in [6.07, 6.45) is -0.0275. The van der Waals surface area contributed by atoms with Gasteiger partial charge in [-0.3, -0.25) is 4.79 Å². The highest BCUT2D eigenvalue weighted by Gasteiger charge is 2.01. The summed E-state index contributed by atoms with van der Waals surface area (Å²) in [5.41, 5.74) is 0. The van der Waals surface area contributed by atoms with Gasteiger partial charge in [0.25, 0.3) is 0 Å². The quantitative estimate of drug-likeness (QED) is 0.784. The van der Waals surface area contributed by atoms with E-state index >= 15 is 0 Å². The van der Waals surface area contributed by atoms with Gasteiger partial charge in [-0.2, -0.15) is 0 Å². The SMILES string of the molecule is O=C(O)CCOc1ccc(S)c(Cl)c1. The van der Waals surface area contributed by atoms with E-state index in [0.717, 1.165) is 0 Å². The predicted molar refractivity (Wildman–Crippen MR) is 56.5 cm³/mol. The lowest BCUT2D eigenvalue weighted by atomic mass is 10.3. The lowest BCUT2D eigenvalue weighted by molar-refractivity contribution is -0.137. The molecule has 0 aliphatic rings. The van der Waals surface area contributed by atoms with Crippen molar-refractivity contribution >= 4 is 30.2 Å². The van der Waals surface area contributed by atoms with Crippen molar-refractivity contribution in [1.29, 1.82) is 0 Å². The highest BCUT2D eigenvalue weighted by Crippen LogP contribution is 2.24. The third-order valence-electron chi connectivity index (χ3n) is 1.50. The summed E-state index contributed by atoms with van der Waals surface area (Å²) in [4.78, 5) is 10.9. The molecule has 0 unspecified atom stereocenters. The highest BCUT2D eigenvalue weighted by atomic mass is 35.5. The maximum Gasteiger partial charge on any atom is 0.306 e. The molecule has 0 radical (unpaired) electrons. The fraction of sp³-hybridized carbons (Fsp3) is 0.222. The van der Waals surface area contributed by atoms with Gasteiger partial charge in [0.1, 0.15) is 5.75 Å². The number of aliphatic carboxylic acids is 1. The molecule has 1 aromatic rings. The first-order chi connectivity index (χ1) is 6.59. The summed E-state index contributed by atoms with van der Waals surface area (Å²) >= 11 is 9.87. The summed E-state index contributed by atoms with van der Waals surface area (Å²) in [5.74, 6) is -0.337. The van der Waals surface area contributed by atoms with Crippen LogP contribution in [0.5, 0.6) is 5.75 Å². The monoisotopic (exact) mass is 232 g/mol. The van der Waals surface area contributed by atoms with E-state index in [2.05, 4.69) is 12.6 Å². The second kappa shape index (κ2) is 5.12. The van der Waals surface area contributed by atoms with Gasteiger partial charge in [-0.05, 0) is 18.2 Å². The Morgan fingerprint density at radius 2 is 2.29 bits per heavy atom. The minimum atomic E-state index is -0.887. The highest BCUT2D eigenvalue weighted by molar-refractivity contribution is 7.80. The Hall–Kier alpha value is -0.870. The smallest absolute Gasteiger partial charge is 0.306 e. The van der Waals surface area contributed by atoms with Gasteiger partial charge in [0.05, 0.1) is 18.1 Å². The summed E-state index contributed by atoms with van der Waals surface area (Å²) in [6.45, 7) is 0.136. The average Bonchev–Trinajstić information content (AvgIpc) is 2.10. The number of thiol groups is 1. The topological polar surface area (TPSA) is 46.5 Å². The van der Waals surface area contributed by atoms with Gasteiger partial charge in [0.15, 0.2) is 0 Å². The van der Waals surface area contributed by atoms with Gasteiger partial charge >= 0.3 is 5.97 Å². The van der Waals surface area contributed by atoms with Crippen molar-refractivity contribution < 1.29 is 14.6 Å². The van der Waals surface area contributed by atoms with E-state index in [4.69, 9.17) is 21.4 Å². The number of rotatable bonds is 4.